The van der Waals surface area contributed by atoms with Crippen molar-refractivity contribution in [2.75, 3.05) is 20.3 Å². The molecule has 3 aromatic carbocycles. The fraction of sp³-hybridized carbons (Fsp3) is 0.387. The van der Waals surface area contributed by atoms with Crippen molar-refractivity contribution < 1.29 is 24.1 Å². The summed E-state index contributed by atoms with van der Waals surface area (Å²) in [6.07, 6.45) is 2.32. The van der Waals surface area contributed by atoms with E-state index in [2.05, 4.69) is 16.4 Å². The first-order chi connectivity index (χ1) is 19.0. The van der Waals surface area contributed by atoms with Crippen LogP contribution in [-0.2, 0) is 40.4 Å². The molecule has 1 aromatic heterocycles. The van der Waals surface area contributed by atoms with Crippen LogP contribution < -0.4 is 4.74 Å². The molecule has 39 heavy (non-hydrogen) atoms. The van der Waals surface area contributed by atoms with Crippen molar-refractivity contribution in [2.24, 2.45) is 0 Å². The molecule has 4 aromatic rings. The van der Waals surface area contributed by atoms with Crippen molar-refractivity contribution in [3.8, 4) is 5.75 Å². The SMILES string of the molecule is CCOC(=O)C(Cc1ccc2c(nnn2CCCCOCc2ccc(OC)cc2)c1C)c1cccc(CO)c1. The predicted molar refractivity (Wildman–Crippen MR) is 150 cm³/mol. The molecule has 0 aliphatic heterocycles. The Balaban J connectivity index is 1.37. The second kappa shape index (κ2) is 13.9. The number of esters is 1. The van der Waals surface area contributed by atoms with Gasteiger partial charge in [-0.25, -0.2) is 4.68 Å². The van der Waals surface area contributed by atoms with Gasteiger partial charge in [-0.1, -0.05) is 47.7 Å². The van der Waals surface area contributed by atoms with E-state index in [1.54, 1.807) is 7.11 Å². The van der Waals surface area contributed by atoms with Crippen LogP contribution in [0.4, 0.5) is 0 Å². The molecule has 4 rings (SSSR count). The van der Waals surface area contributed by atoms with E-state index < -0.39 is 5.92 Å². The fourth-order valence-electron chi connectivity index (χ4n) is 4.68. The predicted octanol–water partition coefficient (Wildman–Crippen LogP) is 5.13. The second-order valence-corrected chi connectivity index (χ2v) is 9.55. The van der Waals surface area contributed by atoms with Crippen molar-refractivity contribution in [3.05, 3.63) is 88.5 Å². The lowest BCUT2D eigenvalue weighted by Crippen LogP contribution is -2.19. The molecular weight excluding hydrogens is 494 g/mol. The van der Waals surface area contributed by atoms with Crippen molar-refractivity contribution in [1.82, 2.24) is 15.0 Å². The number of carbonyl (C=O) groups excluding carboxylic acids is 1. The number of aliphatic hydroxyl groups is 1. The number of ether oxygens (including phenoxy) is 3. The van der Waals surface area contributed by atoms with Crippen LogP contribution in [0.15, 0.2) is 60.7 Å². The Kier molecular flexibility index (Phi) is 10.1. The number of hydrogen-bond donors (Lipinski definition) is 1. The van der Waals surface area contributed by atoms with Crippen molar-refractivity contribution in [2.45, 2.75) is 58.8 Å². The summed E-state index contributed by atoms with van der Waals surface area (Å²) in [6, 6.07) is 19.5. The van der Waals surface area contributed by atoms with Gasteiger partial charge in [-0.2, -0.15) is 0 Å². The standard InChI is InChI=1S/C31H37N3O5/c1-4-39-31(36)28(26-9-7-8-24(18-26)20-35)19-25-12-15-29-30(22(25)2)32-33-34(29)16-5-6-17-38-21-23-10-13-27(37-3)14-11-23/h7-15,18,28,35H,4-6,16-17,19-21H2,1-3H3. The summed E-state index contributed by atoms with van der Waals surface area (Å²) in [5.74, 6) is 0.0957. The van der Waals surface area contributed by atoms with Crippen LogP contribution in [0.25, 0.3) is 11.0 Å². The van der Waals surface area contributed by atoms with Gasteiger partial charge >= 0.3 is 5.97 Å². The van der Waals surface area contributed by atoms with Gasteiger partial charge in [0.05, 0.1) is 38.4 Å². The molecule has 0 aliphatic carbocycles. The molecule has 1 heterocycles. The number of methoxy groups -OCH3 is 1. The Hall–Kier alpha value is -3.75. The molecule has 0 bridgehead atoms. The topological polar surface area (TPSA) is 95.7 Å². The number of aromatic nitrogens is 3. The lowest BCUT2D eigenvalue weighted by Gasteiger charge is -2.18. The summed E-state index contributed by atoms with van der Waals surface area (Å²) in [7, 11) is 1.66. The second-order valence-electron chi connectivity index (χ2n) is 9.55. The van der Waals surface area contributed by atoms with Crippen molar-refractivity contribution in [1.29, 1.82) is 0 Å². The molecule has 0 saturated carbocycles. The summed E-state index contributed by atoms with van der Waals surface area (Å²) in [6.45, 7) is 6.07. The van der Waals surface area contributed by atoms with Crippen LogP contribution in [0.1, 0.15) is 53.5 Å². The van der Waals surface area contributed by atoms with Crippen LogP contribution in [0.3, 0.4) is 0 Å². The highest BCUT2D eigenvalue weighted by atomic mass is 16.5. The van der Waals surface area contributed by atoms with Gasteiger partial charge in [-0.3, -0.25) is 4.79 Å². The molecule has 8 nitrogen and oxygen atoms in total. The molecule has 0 saturated heterocycles. The number of fused-ring (bicyclic) bond motifs is 1. The van der Waals surface area contributed by atoms with E-state index in [1.165, 1.54) is 0 Å². The third-order valence-corrected chi connectivity index (χ3v) is 6.92. The molecule has 0 fully saturated rings. The normalized spacial score (nSPS) is 12.0. The average molecular weight is 532 g/mol. The number of rotatable bonds is 14. The zero-order valence-corrected chi connectivity index (χ0v) is 22.9. The minimum absolute atomic E-state index is 0.0771. The van der Waals surface area contributed by atoms with Gasteiger partial charge in [0.25, 0.3) is 0 Å². The lowest BCUT2D eigenvalue weighted by atomic mass is 9.89. The Morgan fingerprint density at radius 1 is 1.05 bits per heavy atom. The largest absolute Gasteiger partial charge is 0.497 e. The quantitative estimate of drug-likeness (QED) is 0.178. The first-order valence-corrected chi connectivity index (χ1v) is 13.4. The Morgan fingerprint density at radius 3 is 2.62 bits per heavy atom. The minimum atomic E-state index is -0.472. The molecule has 1 unspecified atom stereocenters. The Labute approximate surface area is 229 Å². The van der Waals surface area contributed by atoms with Crippen LogP contribution in [0.2, 0.25) is 0 Å². The molecule has 1 atom stereocenters. The molecule has 206 valence electrons. The first kappa shape index (κ1) is 28.3. The number of carbonyl (C=O) groups is 1. The Bertz CT molecular complexity index is 1370. The third-order valence-electron chi connectivity index (χ3n) is 6.92. The maximum Gasteiger partial charge on any atom is 0.313 e. The van der Waals surface area contributed by atoms with Gasteiger partial charge in [0.2, 0.25) is 0 Å². The number of hydrogen-bond acceptors (Lipinski definition) is 7. The molecule has 0 amide bonds. The lowest BCUT2D eigenvalue weighted by molar-refractivity contribution is -0.144. The molecule has 0 aliphatic rings. The van der Waals surface area contributed by atoms with E-state index in [1.807, 2.05) is 73.1 Å². The van der Waals surface area contributed by atoms with Crippen LogP contribution in [0, 0.1) is 6.92 Å². The highest BCUT2D eigenvalue weighted by Gasteiger charge is 2.24. The third kappa shape index (κ3) is 7.22. The van der Waals surface area contributed by atoms with Crippen molar-refractivity contribution in [3.63, 3.8) is 0 Å². The van der Waals surface area contributed by atoms with E-state index in [9.17, 15) is 9.90 Å². The zero-order chi connectivity index (χ0) is 27.6. The minimum Gasteiger partial charge on any atom is -0.497 e. The van der Waals surface area contributed by atoms with Gasteiger partial charge in [-0.05, 0) is 79.1 Å². The van der Waals surface area contributed by atoms with Gasteiger partial charge in [-0.15, -0.1) is 5.10 Å². The summed E-state index contributed by atoms with van der Waals surface area (Å²) in [5, 5.41) is 18.4. The number of aliphatic hydroxyl groups excluding tert-OH is 1. The number of aryl methyl sites for hydroxylation is 2. The number of nitrogens with zero attached hydrogens (tertiary/aromatic N) is 3. The molecule has 0 radical (unpaired) electrons. The summed E-state index contributed by atoms with van der Waals surface area (Å²) < 4.78 is 18.3. The van der Waals surface area contributed by atoms with E-state index in [4.69, 9.17) is 14.2 Å². The van der Waals surface area contributed by atoms with Gasteiger partial charge in [0.15, 0.2) is 0 Å². The molecular formula is C31H37N3O5. The fourth-order valence-corrected chi connectivity index (χ4v) is 4.68. The van der Waals surface area contributed by atoms with Crippen LogP contribution >= 0.6 is 0 Å². The van der Waals surface area contributed by atoms with E-state index >= 15 is 0 Å². The smallest absolute Gasteiger partial charge is 0.313 e. The zero-order valence-electron chi connectivity index (χ0n) is 22.9. The first-order valence-electron chi connectivity index (χ1n) is 13.4. The van der Waals surface area contributed by atoms with Gasteiger partial charge in [0, 0.05) is 13.2 Å². The molecule has 1 N–H and O–H groups in total. The van der Waals surface area contributed by atoms with Gasteiger partial charge < -0.3 is 19.3 Å². The summed E-state index contributed by atoms with van der Waals surface area (Å²) in [5.41, 5.74) is 6.57. The molecule has 8 heteroatoms. The van der Waals surface area contributed by atoms with Gasteiger partial charge in [0.1, 0.15) is 11.3 Å². The van der Waals surface area contributed by atoms with E-state index in [0.29, 0.717) is 26.2 Å². The monoisotopic (exact) mass is 531 g/mol. The van der Waals surface area contributed by atoms with Crippen LogP contribution in [0.5, 0.6) is 5.75 Å². The van der Waals surface area contributed by atoms with Crippen molar-refractivity contribution >= 4 is 17.0 Å². The maximum absolute atomic E-state index is 12.9. The summed E-state index contributed by atoms with van der Waals surface area (Å²) in [4.78, 5) is 12.9. The number of unbranched alkanes of at least 4 members (excludes halogenated alkanes) is 1. The highest BCUT2D eigenvalue weighted by molar-refractivity contribution is 5.81. The molecule has 0 spiro atoms. The van der Waals surface area contributed by atoms with Crippen LogP contribution in [-0.4, -0.2) is 46.4 Å². The van der Waals surface area contributed by atoms with E-state index in [-0.39, 0.29) is 12.6 Å². The maximum atomic E-state index is 12.9. The number of benzene rings is 3. The summed E-state index contributed by atoms with van der Waals surface area (Å²) >= 11 is 0. The highest BCUT2D eigenvalue weighted by Crippen LogP contribution is 2.28. The average Bonchev–Trinajstić information content (AvgIpc) is 3.38. The Morgan fingerprint density at radius 2 is 1.87 bits per heavy atom. The van der Waals surface area contributed by atoms with E-state index in [0.717, 1.165) is 64.0 Å².